The zero-order valence-electron chi connectivity index (χ0n) is 16.0. The summed E-state index contributed by atoms with van der Waals surface area (Å²) in [7, 11) is 1.82. The molecule has 0 fully saturated rings. The topological polar surface area (TPSA) is 45.7 Å². The molecule has 0 aliphatic rings. The monoisotopic (exact) mass is 479 g/mol. The number of nitrogens with one attached hydrogen (secondary N) is 2. The number of thioether (sulfide) groups is 1. The highest BCUT2D eigenvalue weighted by molar-refractivity contribution is 14.0. The summed E-state index contributed by atoms with van der Waals surface area (Å²) in [5, 5.41) is 6.73. The van der Waals surface area contributed by atoms with Gasteiger partial charge in [-0.3, -0.25) is 4.99 Å². The molecule has 25 heavy (non-hydrogen) atoms. The van der Waals surface area contributed by atoms with E-state index in [1.165, 1.54) is 24.2 Å². The third kappa shape index (κ3) is 12.4. The Morgan fingerprint density at radius 2 is 1.80 bits per heavy atom. The van der Waals surface area contributed by atoms with Gasteiger partial charge in [-0.2, -0.15) is 11.8 Å². The molecule has 0 atom stereocenters. The summed E-state index contributed by atoms with van der Waals surface area (Å²) < 4.78 is 5.71. The number of guanidine groups is 1. The van der Waals surface area contributed by atoms with Crippen LogP contribution in [0.5, 0.6) is 5.75 Å². The van der Waals surface area contributed by atoms with Crippen LogP contribution in [0.25, 0.3) is 0 Å². The molecule has 0 radical (unpaired) electrons. The minimum absolute atomic E-state index is 0. The summed E-state index contributed by atoms with van der Waals surface area (Å²) >= 11 is 1.90. The first kappa shape index (κ1) is 24.4. The van der Waals surface area contributed by atoms with Crippen LogP contribution in [0.2, 0.25) is 0 Å². The third-order valence-corrected chi connectivity index (χ3v) is 4.20. The van der Waals surface area contributed by atoms with Crippen molar-refractivity contribution < 1.29 is 4.74 Å². The first-order valence-corrected chi connectivity index (χ1v) is 10.2. The van der Waals surface area contributed by atoms with Crippen molar-refractivity contribution in [2.24, 2.45) is 10.9 Å². The Morgan fingerprint density at radius 3 is 2.40 bits per heavy atom. The first-order valence-electron chi connectivity index (χ1n) is 8.81. The Morgan fingerprint density at radius 1 is 1.12 bits per heavy atom. The highest BCUT2D eigenvalue weighted by Crippen LogP contribution is 2.13. The van der Waals surface area contributed by atoms with Crippen LogP contribution in [0, 0.1) is 5.92 Å². The number of ether oxygens (including phenoxy) is 1. The van der Waals surface area contributed by atoms with Gasteiger partial charge < -0.3 is 15.4 Å². The van der Waals surface area contributed by atoms with Crippen LogP contribution in [0.1, 0.15) is 32.3 Å². The SMILES string of the molecule is CN=C(NCCCCSC)NCCc1ccc(OCC(C)C)cc1.I. The highest BCUT2D eigenvalue weighted by Gasteiger charge is 2.00. The molecule has 6 heteroatoms. The molecule has 4 nitrogen and oxygen atoms in total. The molecular weight excluding hydrogens is 445 g/mol. The zero-order valence-corrected chi connectivity index (χ0v) is 19.2. The minimum Gasteiger partial charge on any atom is -0.493 e. The van der Waals surface area contributed by atoms with E-state index in [4.69, 9.17) is 4.74 Å². The Kier molecular flexibility index (Phi) is 15.2. The lowest BCUT2D eigenvalue weighted by atomic mass is 10.1. The van der Waals surface area contributed by atoms with Crippen molar-refractivity contribution in [2.75, 3.05) is 38.8 Å². The molecule has 1 rings (SSSR count). The maximum Gasteiger partial charge on any atom is 0.190 e. The van der Waals surface area contributed by atoms with E-state index in [2.05, 4.69) is 60.0 Å². The van der Waals surface area contributed by atoms with Crippen molar-refractivity contribution in [1.82, 2.24) is 10.6 Å². The molecule has 0 spiro atoms. The number of nitrogens with zero attached hydrogens (tertiary/aromatic N) is 1. The Bertz CT molecular complexity index is 466. The van der Waals surface area contributed by atoms with Crippen molar-refractivity contribution in [3.05, 3.63) is 29.8 Å². The van der Waals surface area contributed by atoms with E-state index in [1.54, 1.807) is 0 Å². The molecule has 0 amide bonds. The quantitative estimate of drug-likeness (QED) is 0.216. The van der Waals surface area contributed by atoms with Gasteiger partial charge in [0.2, 0.25) is 0 Å². The lowest BCUT2D eigenvalue weighted by Crippen LogP contribution is -2.38. The lowest BCUT2D eigenvalue weighted by Gasteiger charge is -2.12. The number of rotatable bonds is 11. The molecular formula is C19H34IN3OS. The van der Waals surface area contributed by atoms with E-state index in [0.29, 0.717) is 5.92 Å². The molecule has 0 aromatic heterocycles. The van der Waals surface area contributed by atoms with Crippen LogP contribution in [0.15, 0.2) is 29.3 Å². The van der Waals surface area contributed by atoms with Crippen molar-refractivity contribution in [2.45, 2.75) is 33.1 Å². The molecule has 1 aromatic rings. The Labute approximate surface area is 175 Å². The van der Waals surface area contributed by atoms with Gasteiger partial charge in [-0.25, -0.2) is 0 Å². The van der Waals surface area contributed by atoms with Crippen molar-refractivity contribution in [3.8, 4) is 5.75 Å². The molecule has 0 aliphatic carbocycles. The molecule has 1 aromatic carbocycles. The second-order valence-electron chi connectivity index (χ2n) is 6.22. The van der Waals surface area contributed by atoms with Crippen LogP contribution in [-0.4, -0.2) is 44.7 Å². The predicted octanol–water partition coefficient (Wildman–Crippen LogP) is 4.19. The van der Waals surface area contributed by atoms with Gasteiger partial charge in [-0.05, 0) is 54.9 Å². The number of halogens is 1. The second kappa shape index (κ2) is 15.6. The number of aliphatic imine (C=N–C) groups is 1. The molecule has 0 aliphatic heterocycles. The van der Waals surface area contributed by atoms with Crippen LogP contribution in [0.3, 0.4) is 0 Å². The third-order valence-electron chi connectivity index (χ3n) is 3.50. The van der Waals surface area contributed by atoms with E-state index in [9.17, 15) is 0 Å². The van der Waals surface area contributed by atoms with Gasteiger partial charge in [0, 0.05) is 20.1 Å². The second-order valence-corrected chi connectivity index (χ2v) is 7.21. The summed E-state index contributed by atoms with van der Waals surface area (Å²) in [6.07, 6.45) is 5.55. The van der Waals surface area contributed by atoms with Crippen molar-refractivity contribution in [3.63, 3.8) is 0 Å². The molecule has 0 bridgehead atoms. The molecule has 0 heterocycles. The molecule has 0 unspecified atom stereocenters. The summed E-state index contributed by atoms with van der Waals surface area (Å²) in [6.45, 7) is 6.92. The fourth-order valence-corrected chi connectivity index (χ4v) is 2.63. The zero-order chi connectivity index (χ0) is 17.6. The van der Waals surface area contributed by atoms with Gasteiger partial charge in [-0.15, -0.1) is 24.0 Å². The number of hydrogen-bond donors (Lipinski definition) is 2. The predicted molar refractivity (Wildman–Crippen MR) is 123 cm³/mol. The average Bonchev–Trinajstić information content (AvgIpc) is 2.59. The smallest absolute Gasteiger partial charge is 0.190 e. The van der Waals surface area contributed by atoms with Crippen molar-refractivity contribution >= 4 is 41.7 Å². The van der Waals surface area contributed by atoms with E-state index < -0.39 is 0 Å². The van der Waals surface area contributed by atoms with Crippen LogP contribution >= 0.6 is 35.7 Å². The fourth-order valence-electron chi connectivity index (χ4n) is 2.14. The van der Waals surface area contributed by atoms with Gasteiger partial charge in [0.25, 0.3) is 0 Å². The van der Waals surface area contributed by atoms with Gasteiger partial charge in [-0.1, -0.05) is 26.0 Å². The standard InChI is InChI=1S/C19H33N3OS.HI/c1-16(2)15-23-18-9-7-17(8-10-18)11-13-22-19(20-3)21-12-5-6-14-24-4;/h7-10,16H,5-6,11-15H2,1-4H3,(H2,20,21,22);1H. The van der Waals surface area contributed by atoms with Gasteiger partial charge in [0.15, 0.2) is 5.96 Å². The van der Waals surface area contributed by atoms with Crippen LogP contribution in [0.4, 0.5) is 0 Å². The van der Waals surface area contributed by atoms with Crippen molar-refractivity contribution in [1.29, 1.82) is 0 Å². The van der Waals surface area contributed by atoms with E-state index in [-0.39, 0.29) is 24.0 Å². The fraction of sp³-hybridized carbons (Fsp3) is 0.632. The van der Waals surface area contributed by atoms with Gasteiger partial charge in [0.05, 0.1) is 6.61 Å². The number of hydrogen-bond acceptors (Lipinski definition) is 3. The van der Waals surface area contributed by atoms with E-state index >= 15 is 0 Å². The van der Waals surface area contributed by atoms with E-state index in [0.717, 1.165) is 37.8 Å². The molecule has 2 N–H and O–H groups in total. The van der Waals surface area contributed by atoms with Crippen LogP contribution < -0.4 is 15.4 Å². The summed E-state index contributed by atoms with van der Waals surface area (Å²) in [5.41, 5.74) is 1.30. The molecule has 0 saturated carbocycles. The van der Waals surface area contributed by atoms with Crippen LogP contribution in [-0.2, 0) is 6.42 Å². The first-order chi connectivity index (χ1) is 11.7. The largest absolute Gasteiger partial charge is 0.493 e. The summed E-state index contributed by atoms with van der Waals surface area (Å²) in [5.74, 6) is 3.61. The Balaban J connectivity index is 0.00000576. The maximum absolute atomic E-state index is 5.71. The van der Waals surface area contributed by atoms with Gasteiger partial charge in [0.1, 0.15) is 5.75 Å². The number of benzene rings is 1. The molecule has 144 valence electrons. The Hall–Kier alpha value is -0.630. The number of unbranched alkanes of at least 4 members (excludes halogenated alkanes) is 1. The maximum atomic E-state index is 5.71. The summed E-state index contributed by atoms with van der Waals surface area (Å²) in [4.78, 5) is 4.26. The normalized spacial score (nSPS) is 11.2. The van der Waals surface area contributed by atoms with E-state index in [1.807, 2.05) is 18.8 Å². The molecule has 0 saturated heterocycles. The minimum atomic E-state index is 0. The average molecular weight is 479 g/mol. The lowest BCUT2D eigenvalue weighted by molar-refractivity contribution is 0.271. The highest BCUT2D eigenvalue weighted by atomic mass is 127. The summed E-state index contributed by atoms with van der Waals surface area (Å²) in [6, 6.07) is 8.37. The van der Waals surface area contributed by atoms with Gasteiger partial charge >= 0.3 is 0 Å².